The molecule has 6 heteroatoms. The Labute approximate surface area is 95.6 Å². The van der Waals surface area contributed by atoms with E-state index in [0.29, 0.717) is 10.9 Å². The number of rotatable bonds is 2. The molecule has 17 heavy (non-hydrogen) atoms. The van der Waals surface area contributed by atoms with Crippen LogP contribution >= 0.6 is 0 Å². The van der Waals surface area contributed by atoms with Crippen molar-refractivity contribution in [3.63, 3.8) is 0 Å². The van der Waals surface area contributed by atoms with Gasteiger partial charge >= 0.3 is 0 Å². The summed E-state index contributed by atoms with van der Waals surface area (Å²) in [6.07, 6.45) is 1.43. The van der Waals surface area contributed by atoms with Crippen molar-refractivity contribution < 1.29 is 9.18 Å². The van der Waals surface area contributed by atoms with E-state index < -0.39 is 11.7 Å². The van der Waals surface area contributed by atoms with Gasteiger partial charge in [0.05, 0.1) is 5.52 Å². The van der Waals surface area contributed by atoms with E-state index in [0.717, 1.165) is 0 Å². The van der Waals surface area contributed by atoms with E-state index in [1.165, 1.54) is 35.0 Å². The van der Waals surface area contributed by atoms with Crippen LogP contribution in [0.2, 0.25) is 0 Å². The number of carbonyl (C=O) groups is 1. The second-order valence-corrected chi connectivity index (χ2v) is 3.54. The second kappa shape index (κ2) is 4.34. The molecule has 0 unspecified atom stereocenters. The number of nitrogens with two attached hydrogens (primary N) is 1. The molecule has 0 radical (unpaired) electrons. The van der Waals surface area contributed by atoms with Crippen LogP contribution in [0.3, 0.4) is 0 Å². The molecule has 0 saturated heterocycles. The molecule has 88 valence electrons. The summed E-state index contributed by atoms with van der Waals surface area (Å²) in [5, 5.41) is 0.360. The summed E-state index contributed by atoms with van der Waals surface area (Å²) in [6, 6.07) is 5.13. The molecule has 0 aliphatic carbocycles. The van der Waals surface area contributed by atoms with E-state index in [-0.39, 0.29) is 12.0 Å². The Morgan fingerprint density at radius 1 is 1.41 bits per heavy atom. The topological polar surface area (TPSA) is 77.1 Å². The first-order chi connectivity index (χ1) is 8.11. The highest BCUT2D eigenvalue weighted by atomic mass is 19.1. The Balaban J connectivity index is 2.64. The number of amides is 1. The molecule has 3 N–H and O–H groups in total. The third-order valence-corrected chi connectivity index (χ3v) is 2.42. The lowest BCUT2D eigenvalue weighted by molar-refractivity contribution is -0.121. The van der Waals surface area contributed by atoms with Gasteiger partial charge in [0.25, 0.3) is 5.91 Å². The van der Waals surface area contributed by atoms with Gasteiger partial charge in [-0.25, -0.2) is 10.2 Å². The fraction of sp³-hybridized carbons (Fsp3) is 0.0909. The van der Waals surface area contributed by atoms with Crippen LogP contribution in [-0.4, -0.2) is 10.5 Å². The van der Waals surface area contributed by atoms with Crippen molar-refractivity contribution in [1.82, 2.24) is 9.99 Å². The number of carbonyl (C=O) groups excluding carboxylic acids is 1. The standard InChI is InChI=1S/C11H10FN3O2/c12-7-1-2-8-9(5-7)15(4-3-10(8)16)6-11(17)14-13/h1-5H,6,13H2,(H,14,17). The maximum absolute atomic E-state index is 13.1. The van der Waals surface area contributed by atoms with Crippen molar-refractivity contribution in [1.29, 1.82) is 0 Å². The Morgan fingerprint density at radius 2 is 2.18 bits per heavy atom. The lowest BCUT2D eigenvalue weighted by Gasteiger charge is -2.09. The van der Waals surface area contributed by atoms with Gasteiger partial charge in [0.1, 0.15) is 12.4 Å². The normalized spacial score (nSPS) is 10.5. The number of pyridine rings is 1. The lowest BCUT2D eigenvalue weighted by atomic mass is 10.2. The number of nitrogens with one attached hydrogen (secondary N) is 1. The maximum atomic E-state index is 13.1. The number of nitrogens with zero attached hydrogens (tertiary/aromatic N) is 1. The smallest absolute Gasteiger partial charge is 0.253 e. The number of hydrogen-bond acceptors (Lipinski definition) is 3. The minimum Gasteiger partial charge on any atom is -0.338 e. The van der Waals surface area contributed by atoms with Crippen molar-refractivity contribution in [3.8, 4) is 0 Å². The number of hydrogen-bond donors (Lipinski definition) is 2. The Morgan fingerprint density at radius 3 is 2.88 bits per heavy atom. The van der Waals surface area contributed by atoms with Crippen molar-refractivity contribution in [3.05, 3.63) is 46.5 Å². The van der Waals surface area contributed by atoms with Gasteiger partial charge < -0.3 is 4.57 Å². The van der Waals surface area contributed by atoms with Crippen LogP contribution in [0.5, 0.6) is 0 Å². The first-order valence-electron chi connectivity index (χ1n) is 4.90. The molecule has 0 bridgehead atoms. The van der Waals surface area contributed by atoms with Gasteiger partial charge in [0, 0.05) is 17.6 Å². The molecule has 0 aliphatic heterocycles. The Hall–Kier alpha value is -2.21. The maximum Gasteiger partial charge on any atom is 0.253 e. The van der Waals surface area contributed by atoms with E-state index in [1.807, 2.05) is 5.43 Å². The number of aromatic nitrogens is 1. The molecular formula is C11H10FN3O2. The molecule has 5 nitrogen and oxygen atoms in total. The van der Waals surface area contributed by atoms with Gasteiger partial charge in [-0.1, -0.05) is 0 Å². The van der Waals surface area contributed by atoms with E-state index in [9.17, 15) is 14.0 Å². The first kappa shape index (κ1) is 11.3. The fourth-order valence-corrected chi connectivity index (χ4v) is 1.62. The Kier molecular flexibility index (Phi) is 2.88. The molecule has 1 amide bonds. The molecule has 1 aromatic heterocycles. The summed E-state index contributed by atoms with van der Waals surface area (Å²) < 4.78 is 14.6. The van der Waals surface area contributed by atoms with Gasteiger partial charge in [-0.3, -0.25) is 15.0 Å². The summed E-state index contributed by atoms with van der Waals surface area (Å²) in [5.74, 6) is 4.08. The molecule has 0 atom stereocenters. The average Bonchev–Trinajstić information content (AvgIpc) is 2.32. The SMILES string of the molecule is NNC(=O)Cn1ccc(=O)c2ccc(F)cc21. The second-order valence-electron chi connectivity index (χ2n) is 3.54. The fourth-order valence-electron chi connectivity index (χ4n) is 1.62. The van der Waals surface area contributed by atoms with Crippen LogP contribution < -0.4 is 16.7 Å². The molecule has 0 aliphatic rings. The van der Waals surface area contributed by atoms with Gasteiger partial charge in [-0.05, 0) is 18.2 Å². The molecule has 2 rings (SSSR count). The summed E-state index contributed by atoms with van der Waals surface area (Å²) in [6.45, 7) is -0.0727. The van der Waals surface area contributed by atoms with Gasteiger partial charge in [-0.2, -0.15) is 0 Å². The van der Waals surface area contributed by atoms with Crippen LogP contribution in [0.1, 0.15) is 0 Å². The average molecular weight is 235 g/mol. The zero-order chi connectivity index (χ0) is 12.4. The molecule has 2 aromatic rings. The molecule has 0 saturated carbocycles. The summed E-state index contributed by atoms with van der Waals surface area (Å²) in [5.41, 5.74) is 2.12. The van der Waals surface area contributed by atoms with Gasteiger partial charge in [-0.15, -0.1) is 0 Å². The van der Waals surface area contributed by atoms with Crippen LogP contribution in [0.25, 0.3) is 10.9 Å². The lowest BCUT2D eigenvalue weighted by Crippen LogP contribution is -2.33. The minimum absolute atomic E-state index is 0.0727. The van der Waals surface area contributed by atoms with Crippen molar-refractivity contribution in [2.45, 2.75) is 6.54 Å². The number of halogens is 1. The summed E-state index contributed by atoms with van der Waals surface area (Å²) in [4.78, 5) is 22.7. The van der Waals surface area contributed by atoms with E-state index >= 15 is 0 Å². The molecule has 1 aromatic carbocycles. The van der Waals surface area contributed by atoms with Crippen LogP contribution in [-0.2, 0) is 11.3 Å². The Bertz CT molecular complexity index is 636. The highest BCUT2D eigenvalue weighted by molar-refractivity contribution is 5.82. The predicted octanol–water partition coefficient (Wildman–Crippen LogP) is 0.130. The van der Waals surface area contributed by atoms with Crippen LogP contribution in [0.15, 0.2) is 35.3 Å². The molecule has 0 spiro atoms. The third kappa shape index (κ3) is 2.16. The minimum atomic E-state index is -0.468. The molecular weight excluding hydrogens is 225 g/mol. The van der Waals surface area contributed by atoms with Crippen molar-refractivity contribution >= 4 is 16.8 Å². The van der Waals surface area contributed by atoms with Crippen molar-refractivity contribution in [2.75, 3.05) is 0 Å². The molecule has 1 heterocycles. The van der Waals surface area contributed by atoms with Crippen LogP contribution in [0, 0.1) is 5.82 Å². The largest absolute Gasteiger partial charge is 0.338 e. The van der Waals surface area contributed by atoms with Gasteiger partial charge in [0.2, 0.25) is 0 Å². The van der Waals surface area contributed by atoms with Crippen LogP contribution in [0.4, 0.5) is 4.39 Å². The monoisotopic (exact) mass is 235 g/mol. The highest BCUT2D eigenvalue weighted by Gasteiger charge is 2.06. The quantitative estimate of drug-likeness (QED) is 0.441. The van der Waals surface area contributed by atoms with Crippen molar-refractivity contribution in [2.24, 2.45) is 5.84 Å². The predicted molar refractivity (Wildman–Crippen MR) is 60.5 cm³/mol. The van der Waals surface area contributed by atoms with E-state index in [1.54, 1.807) is 0 Å². The first-order valence-corrected chi connectivity index (χ1v) is 4.90. The van der Waals surface area contributed by atoms with Gasteiger partial charge in [0.15, 0.2) is 5.43 Å². The highest BCUT2D eigenvalue weighted by Crippen LogP contribution is 2.11. The zero-order valence-corrected chi connectivity index (χ0v) is 8.81. The van der Waals surface area contributed by atoms with E-state index in [2.05, 4.69) is 0 Å². The third-order valence-electron chi connectivity index (χ3n) is 2.42. The number of benzene rings is 1. The number of fused-ring (bicyclic) bond motifs is 1. The number of hydrazine groups is 1. The molecule has 0 fully saturated rings. The summed E-state index contributed by atoms with van der Waals surface area (Å²) in [7, 11) is 0. The summed E-state index contributed by atoms with van der Waals surface area (Å²) >= 11 is 0. The van der Waals surface area contributed by atoms with E-state index in [4.69, 9.17) is 5.84 Å². The zero-order valence-electron chi connectivity index (χ0n) is 8.81.